The number of ether oxygens (including phenoxy) is 1. The SMILES string of the molecule is NC1(C(=O)NCC2CCCO2)CCCCC1. The normalized spacial score (nSPS) is 28.9. The summed E-state index contributed by atoms with van der Waals surface area (Å²) in [4.78, 5) is 12.0. The van der Waals surface area contributed by atoms with Crippen LogP contribution in [0.1, 0.15) is 44.9 Å². The molecule has 0 aromatic heterocycles. The van der Waals surface area contributed by atoms with E-state index < -0.39 is 5.54 Å². The van der Waals surface area contributed by atoms with E-state index in [0.29, 0.717) is 6.54 Å². The van der Waals surface area contributed by atoms with Crippen LogP contribution in [0.3, 0.4) is 0 Å². The molecule has 0 spiro atoms. The van der Waals surface area contributed by atoms with Crippen LogP contribution in [0.5, 0.6) is 0 Å². The third kappa shape index (κ3) is 2.74. The first kappa shape index (κ1) is 11.9. The molecule has 2 aliphatic rings. The van der Waals surface area contributed by atoms with Gasteiger partial charge in [0, 0.05) is 13.2 Å². The summed E-state index contributed by atoms with van der Waals surface area (Å²) in [7, 11) is 0. The number of hydrogen-bond donors (Lipinski definition) is 2. The maximum absolute atomic E-state index is 12.0. The standard InChI is InChI=1S/C12H22N2O2/c13-12(6-2-1-3-7-12)11(15)14-9-10-5-4-8-16-10/h10H,1-9,13H2,(H,14,15). The number of nitrogens with one attached hydrogen (secondary N) is 1. The topological polar surface area (TPSA) is 64.4 Å². The Labute approximate surface area is 96.9 Å². The van der Waals surface area contributed by atoms with Crippen LogP contribution >= 0.6 is 0 Å². The van der Waals surface area contributed by atoms with Gasteiger partial charge in [-0.05, 0) is 25.7 Å². The summed E-state index contributed by atoms with van der Waals surface area (Å²) in [6.45, 7) is 1.45. The molecule has 1 amide bonds. The van der Waals surface area contributed by atoms with Crippen molar-refractivity contribution in [3.8, 4) is 0 Å². The largest absolute Gasteiger partial charge is 0.376 e. The molecule has 1 aliphatic heterocycles. The summed E-state index contributed by atoms with van der Waals surface area (Å²) >= 11 is 0. The van der Waals surface area contributed by atoms with Crippen molar-refractivity contribution >= 4 is 5.91 Å². The van der Waals surface area contributed by atoms with Gasteiger partial charge in [0.05, 0.1) is 11.6 Å². The number of carbonyl (C=O) groups is 1. The Bertz CT molecular complexity index is 243. The molecule has 4 nitrogen and oxygen atoms in total. The summed E-state index contributed by atoms with van der Waals surface area (Å²) in [6.07, 6.45) is 7.36. The van der Waals surface area contributed by atoms with Gasteiger partial charge in [0.25, 0.3) is 0 Å². The van der Waals surface area contributed by atoms with Crippen molar-refractivity contribution in [1.82, 2.24) is 5.32 Å². The number of carbonyl (C=O) groups excluding carboxylic acids is 1. The molecular formula is C12H22N2O2. The van der Waals surface area contributed by atoms with Crippen LogP contribution in [0.15, 0.2) is 0 Å². The molecule has 16 heavy (non-hydrogen) atoms. The van der Waals surface area contributed by atoms with Gasteiger partial charge in [-0.25, -0.2) is 0 Å². The summed E-state index contributed by atoms with van der Waals surface area (Å²) in [5.41, 5.74) is 5.52. The molecule has 1 aliphatic carbocycles. The fourth-order valence-corrected chi connectivity index (χ4v) is 2.60. The summed E-state index contributed by atoms with van der Waals surface area (Å²) in [6, 6.07) is 0. The summed E-state index contributed by atoms with van der Waals surface area (Å²) in [5, 5.41) is 2.95. The highest BCUT2D eigenvalue weighted by molar-refractivity contribution is 5.86. The lowest BCUT2D eigenvalue weighted by atomic mass is 9.82. The van der Waals surface area contributed by atoms with Gasteiger partial charge in [-0.1, -0.05) is 19.3 Å². The minimum atomic E-state index is -0.614. The fourth-order valence-electron chi connectivity index (χ4n) is 2.60. The second-order valence-corrected chi connectivity index (χ2v) is 5.06. The molecule has 0 bridgehead atoms. The van der Waals surface area contributed by atoms with Crippen molar-refractivity contribution in [1.29, 1.82) is 0 Å². The maximum Gasteiger partial charge on any atom is 0.240 e. The van der Waals surface area contributed by atoms with Crippen LogP contribution < -0.4 is 11.1 Å². The molecule has 3 N–H and O–H groups in total. The Morgan fingerprint density at radius 2 is 2.06 bits per heavy atom. The molecule has 0 aromatic rings. The van der Waals surface area contributed by atoms with E-state index in [1.807, 2.05) is 0 Å². The lowest BCUT2D eigenvalue weighted by Crippen LogP contribution is -2.55. The van der Waals surface area contributed by atoms with E-state index in [-0.39, 0.29) is 12.0 Å². The molecule has 1 unspecified atom stereocenters. The quantitative estimate of drug-likeness (QED) is 0.753. The van der Waals surface area contributed by atoms with Crippen LogP contribution in [-0.4, -0.2) is 30.7 Å². The Balaban J connectivity index is 1.77. The zero-order chi connectivity index (χ0) is 11.4. The van der Waals surface area contributed by atoms with Crippen LogP contribution in [0.4, 0.5) is 0 Å². The second kappa shape index (κ2) is 5.15. The van der Waals surface area contributed by atoms with E-state index in [9.17, 15) is 4.79 Å². The molecule has 1 heterocycles. The Hall–Kier alpha value is -0.610. The van der Waals surface area contributed by atoms with Crippen LogP contribution in [-0.2, 0) is 9.53 Å². The third-order valence-electron chi connectivity index (χ3n) is 3.71. The van der Waals surface area contributed by atoms with E-state index in [1.54, 1.807) is 0 Å². The molecule has 0 aromatic carbocycles. The smallest absolute Gasteiger partial charge is 0.240 e. The van der Waals surface area contributed by atoms with E-state index in [1.165, 1.54) is 6.42 Å². The maximum atomic E-state index is 12.0. The van der Waals surface area contributed by atoms with Crippen molar-refractivity contribution in [2.24, 2.45) is 5.73 Å². The van der Waals surface area contributed by atoms with Crippen molar-refractivity contribution < 1.29 is 9.53 Å². The van der Waals surface area contributed by atoms with Gasteiger partial charge in [-0.2, -0.15) is 0 Å². The van der Waals surface area contributed by atoms with Crippen LogP contribution in [0, 0.1) is 0 Å². The minimum Gasteiger partial charge on any atom is -0.376 e. The van der Waals surface area contributed by atoms with Crippen molar-refractivity contribution in [2.75, 3.05) is 13.2 Å². The zero-order valence-corrected chi connectivity index (χ0v) is 9.84. The second-order valence-electron chi connectivity index (χ2n) is 5.06. The van der Waals surface area contributed by atoms with Gasteiger partial charge in [0.15, 0.2) is 0 Å². The molecule has 2 fully saturated rings. The first-order chi connectivity index (χ1) is 7.71. The first-order valence-electron chi connectivity index (χ1n) is 6.39. The third-order valence-corrected chi connectivity index (χ3v) is 3.71. The highest BCUT2D eigenvalue weighted by Crippen LogP contribution is 2.26. The van der Waals surface area contributed by atoms with Crippen LogP contribution in [0.25, 0.3) is 0 Å². The Morgan fingerprint density at radius 3 is 2.69 bits per heavy atom. The number of hydrogen-bond acceptors (Lipinski definition) is 3. The predicted molar refractivity (Wildman–Crippen MR) is 62.0 cm³/mol. The molecule has 1 saturated carbocycles. The van der Waals surface area contributed by atoms with Gasteiger partial charge in [-0.3, -0.25) is 4.79 Å². The van der Waals surface area contributed by atoms with Gasteiger partial charge in [-0.15, -0.1) is 0 Å². The minimum absolute atomic E-state index is 0.0164. The lowest BCUT2D eigenvalue weighted by molar-refractivity contribution is -0.128. The Kier molecular flexibility index (Phi) is 3.82. The van der Waals surface area contributed by atoms with Crippen molar-refractivity contribution in [3.63, 3.8) is 0 Å². The summed E-state index contributed by atoms with van der Waals surface area (Å²) in [5.74, 6) is 0.0164. The predicted octanol–water partition coefficient (Wildman–Crippen LogP) is 0.943. The average Bonchev–Trinajstić information content (AvgIpc) is 2.79. The highest BCUT2D eigenvalue weighted by Gasteiger charge is 2.35. The fraction of sp³-hybridized carbons (Fsp3) is 0.917. The highest BCUT2D eigenvalue weighted by atomic mass is 16.5. The van der Waals surface area contributed by atoms with Crippen molar-refractivity contribution in [2.45, 2.75) is 56.6 Å². The Morgan fingerprint density at radius 1 is 1.31 bits per heavy atom. The van der Waals surface area contributed by atoms with Crippen molar-refractivity contribution in [3.05, 3.63) is 0 Å². The number of nitrogens with two attached hydrogens (primary N) is 1. The monoisotopic (exact) mass is 226 g/mol. The average molecular weight is 226 g/mol. The van der Waals surface area contributed by atoms with E-state index in [2.05, 4.69) is 5.32 Å². The molecular weight excluding hydrogens is 204 g/mol. The first-order valence-corrected chi connectivity index (χ1v) is 6.39. The van der Waals surface area contributed by atoms with E-state index >= 15 is 0 Å². The van der Waals surface area contributed by atoms with Crippen LogP contribution in [0.2, 0.25) is 0 Å². The van der Waals surface area contributed by atoms with Gasteiger partial charge >= 0.3 is 0 Å². The number of amides is 1. The lowest BCUT2D eigenvalue weighted by Gasteiger charge is -2.32. The molecule has 2 rings (SSSR count). The summed E-state index contributed by atoms with van der Waals surface area (Å²) < 4.78 is 5.47. The molecule has 4 heteroatoms. The zero-order valence-electron chi connectivity index (χ0n) is 9.84. The molecule has 0 radical (unpaired) electrons. The van der Waals surface area contributed by atoms with Gasteiger partial charge in [0.1, 0.15) is 0 Å². The van der Waals surface area contributed by atoms with E-state index in [0.717, 1.165) is 45.1 Å². The van der Waals surface area contributed by atoms with Gasteiger partial charge < -0.3 is 15.8 Å². The molecule has 1 saturated heterocycles. The molecule has 1 atom stereocenters. The van der Waals surface area contributed by atoms with E-state index in [4.69, 9.17) is 10.5 Å². The number of rotatable bonds is 3. The van der Waals surface area contributed by atoms with Gasteiger partial charge in [0.2, 0.25) is 5.91 Å². The molecule has 92 valence electrons.